The molecule has 2 aromatic rings. The molecule has 0 saturated carbocycles. The van der Waals surface area contributed by atoms with E-state index in [9.17, 15) is 13.2 Å². The normalized spacial score (nSPS) is 11.2. The topological polar surface area (TPSA) is 84.5 Å². The fraction of sp³-hybridized carbons (Fsp3) is 0.278. The Balaban J connectivity index is 2.14. The lowest BCUT2D eigenvalue weighted by Gasteiger charge is -2.11. The van der Waals surface area contributed by atoms with E-state index in [2.05, 4.69) is 10.0 Å². The van der Waals surface area contributed by atoms with Crippen molar-refractivity contribution in [1.82, 2.24) is 5.32 Å². The van der Waals surface area contributed by atoms with Crippen molar-refractivity contribution in [2.45, 2.75) is 18.2 Å². The van der Waals surface area contributed by atoms with Crippen LogP contribution < -0.4 is 10.0 Å². The van der Waals surface area contributed by atoms with Gasteiger partial charge in [-0.2, -0.15) is 0 Å². The van der Waals surface area contributed by atoms with E-state index in [-0.39, 0.29) is 16.4 Å². The largest absolute Gasteiger partial charge is 0.385 e. The summed E-state index contributed by atoms with van der Waals surface area (Å²) >= 11 is 6.03. The fourth-order valence-corrected chi connectivity index (χ4v) is 3.47. The number of hydrogen-bond acceptors (Lipinski definition) is 4. The molecule has 2 rings (SSSR count). The van der Waals surface area contributed by atoms with Crippen LogP contribution in [0.25, 0.3) is 0 Å². The highest BCUT2D eigenvalue weighted by Gasteiger charge is 2.17. The summed E-state index contributed by atoms with van der Waals surface area (Å²) in [6, 6.07) is 10.8. The standard InChI is InChI=1S/C18H21ClN2O4S/c1-13-7-8-15(12-17(13)19)21-26(23,24)16-6-3-5-14(11-16)18(22)20-9-4-10-25-2/h3,5-8,11-12,21H,4,9-10H2,1-2H3,(H,20,22). The molecule has 0 aliphatic rings. The lowest BCUT2D eigenvalue weighted by molar-refractivity contribution is 0.0948. The zero-order chi connectivity index (χ0) is 19.2. The monoisotopic (exact) mass is 396 g/mol. The van der Waals surface area contributed by atoms with Gasteiger partial charge < -0.3 is 10.1 Å². The Morgan fingerprint density at radius 1 is 1.19 bits per heavy atom. The molecule has 0 aliphatic heterocycles. The summed E-state index contributed by atoms with van der Waals surface area (Å²) in [6.45, 7) is 2.82. The first-order valence-corrected chi connectivity index (χ1v) is 9.86. The van der Waals surface area contributed by atoms with E-state index >= 15 is 0 Å². The molecule has 2 N–H and O–H groups in total. The van der Waals surface area contributed by atoms with Crippen LogP contribution in [-0.2, 0) is 14.8 Å². The molecule has 140 valence electrons. The van der Waals surface area contributed by atoms with Crippen molar-refractivity contribution in [3.05, 3.63) is 58.6 Å². The Morgan fingerprint density at radius 2 is 1.96 bits per heavy atom. The van der Waals surface area contributed by atoms with Crippen LogP contribution in [0.1, 0.15) is 22.3 Å². The molecule has 0 aliphatic carbocycles. The number of anilines is 1. The second kappa shape index (κ2) is 9.02. The fourth-order valence-electron chi connectivity index (χ4n) is 2.20. The number of sulfonamides is 1. The highest BCUT2D eigenvalue weighted by molar-refractivity contribution is 7.92. The van der Waals surface area contributed by atoms with Gasteiger partial charge in [0.05, 0.1) is 10.6 Å². The van der Waals surface area contributed by atoms with Gasteiger partial charge in [0.25, 0.3) is 15.9 Å². The van der Waals surface area contributed by atoms with Crippen molar-refractivity contribution in [1.29, 1.82) is 0 Å². The minimum absolute atomic E-state index is 0.00117. The minimum Gasteiger partial charge on any atom is -0.385 e. The smallest absolute Gasteiger partial charge is 0.261 e. The predicted molar refractivity (Wildman–Crippen MR) is 102 cm³/mol. The lowest BCUT2D eigenvalue weighted by Crippen LogP contribution is -2.25. The van der Waals surface area contributed by atoms with Gasteiger partial charge in [0.2, 0.25) is 0 Å². The third-order valence-electron chi connectivity index (χ3n) is 3.64. The van der Waals surface area contributed by atoms with Crippen molar-refractivity contribution < 1.29 is 17.9 Å². The van der Waals surface area contributed by atoms with Crippen LogP contribution in [0.4, 0.5) is 5.69 Å². The van der Waals surface area contributed by atoms with Gasteiger partial charge in [-0.25, -0.2) is 8.42 Å². The van der Waals surface area contributed by atoms with Crippen molar-refractivity contribution in [2.24, 2.45) is 0 Å². The number of hydrogen-bond donors (Lipinski definition) is 2. The van der Waals surface area contributed by atoms with Crippen LogP contribution in [0.3, 0.4) is 0 Å². The molecule has 0 bridgehead atoms. The zero-order valence-electron chi connectivity index (χ0n) is 14.6. The number of rotatable bonds is 8. The first-order valence-electron chi connectivity index (χ1n) is 7.99. The molecule has 8 heteroatoms. The predicted octanol–water partition coefficient (Wildman–Crippen LogP) is 3.22. The highest BCUT2D eigenvalue weighted by Crippen LogP contribution is 2.23. The number of ether oxygens (including phenoxy) is 1. The van der Waals surface area contributed by atoms with Gasteiger partial charge in [-0.3, -0.25) is 9.52 Å². The van der Waals surface area contributed by atoms with Crippen LogP contribution in [-0.4, -0.2) is 34.6 Å². The average molecular weight is 397 g/mol. The molecule has 0 atom stereocenters. The molecule has 0 fully saturated rings. The van der Waals surface area contributed by atoms with Gasteiger partial charge in [-0.1, -0.05) is 23.7 Å². The molecule has 6 nitrogen and oxygen atoms in total. The molecule has 2 aromatic carbocycles. The summed E-state index contributed by atoms with van der Waals surface area (Å²) in [4.78, 5) is 12.1. The molecule has 0 aromatic heterocycles. The maximum absolute atomic E-state index is 12.6. The first-order chi connectivity index (χ1) is 12.3. The maximum atomic E-state index is 12.6. The van der Waals surface area contributed by atoms with E-state index in [0.29, 0.717) is 30.3 Å². The molecule has 26 heavy (non-hydrogen) atoms. The third-order valence-corrected chi connectivity index (χ3v) is 5.43. The van der Waals surface area contributed by atoms with Gasteiger partial charge in [0.15, 0.2) is 0 Å². The quantitative estimate of drug-likeness (QED) is 0.671. The molecule has 1 amide bonds. The molecular formula is C18H21ClN2O4S. The average Bonchev–Trinajstić information content (AvgIpc) is 2.61. The molecule has 0 saturated heterocycles. The molecular weight excluding hydrogens is 376 g/mol. The number of benzene rings is 2. The minimum atomic E-state index is -3.84. The van der Waals surface area contributed by atoms with E-state index < -0.39 is 10.0 Å². The van der Waals surface area contributed by atoms with Crippen molar-refractivity contribution in [3.63, 3.8) is 0 Å². The second-order valence-electron chi connectivity index (χ2n) is 5.70. The number of nitrogens with one attached hydrogen (secondary N) is 2. The summed E-state index contributed by atoms with van der Waals surface area (Å²) in [6.07, 6.45) is 0.677. The van der Waals surface area contributed by atoms with Crippen LogP contribution >= 0.6 is 11.6 Å². The third kappa shape index (κ3) is 5.45. The first kappa shape index (κ1) is 20.2. The number of methoxy groups -OCH3 is 1. The zero-order valence-corrected chi connectivity index (χ0v) is 16.2. The van der Waals surface area contributed by atoms with Crippen LogP contribution in [0.15, 0.2) is 47.4 Å². The number of halogens is 1. The molecule has 0 spiro atoms. The molecule has 0 unspecified atom stereocenters. The van der Waals surface area contributed by atoms with Crippen LogP contribution in [0.5, 0.6) is 0 Å². The maximum Gasteiger partial charge on any atom is 0.261 e. The number of amides is 1. The number of carbonyl (C=O) groups is 1. The Labute approximate surface area is 158 Å². The van der Waals surface area contributed by atoms with Gasteiger partial charge in [0.1, 0.15) is 0 Å². The Bertz CT molecular complexity index is 885. The second-order valence-corrected chi connectivity index (χ2v) is 7.79. The number of aryl methyl sites for hydroxylation is 1. The van der Waals surface area contributed by atoms with Gasteiger partial charge in [-0.15, -0.1) is 0 Å². The summed E-state index contributed by atoms with van der Waals surface area (Å²) < 4.78 is 32.5. The number of carbonyl (C=O) groups excluding carboxylic acids is 1. The van der Waals surface area contributed by atoms with Gasteiger partial charge in [0, 0.05) is 30.8 Å². The van der Waals surface area contributed by atoms with Gasteiger partial charge in [-0.05, 0) is 49.2 Å². The summed E-state index contributed by atoms with van der Waals surface area (Å²) in [7, 11) is -2.25. The lowest BCUT2D eigenvalue weighted by atomic mass is 10.2. The van der Waals surface area contributed by atoms with E-state index in [1.807, 2.05) is 6.92 Å². The van der Waals surface area contributed by atoms with E-state index in [1.54, 1.807) is 31.4 Å². The van der Waals surface area contributed by atoms with Crippen LogP contribution in [0, 0.1) is 6.92 Å². The highest BCUT2D eigenvalue weighted by atomic mass is 35.5. The summed E-state index contributed by atoms with van der Waals surface area (Å²) in [5.41, 5.74) is 1.48. The molecule has 0 heterocycles. The molecule has 0 radical (unpaired) electrons. The van der Waals surface area contributed by atoms with E-state index in [0.717, 1.165) is 5.56 Å². The van der Waals surface area contributed by atoms with Gasteiger partial charge >= 0.3 is 0 Å². The Morgan fingerprint density at radius 3 is 2.65 bits per heavy atom. The Hall–Kier alpha value is -2.09. The van der Waals surface area contributed by atoms with E-state index in [4.69, 9.17) is 16.3 Å². The van der Waals surface area contributed by atoms with Crippen molar-refractivity contribution >= 4 is 33.2 Å². The SMILES string of the molecule is COCCCNC(=O)c1cccc(S(=O)(=O)Nc2ccc(C)c(Cl)c2)c1. The van der Waals surface area contributed by atoms with E-state index in [1.165, 1.54) is 18.2 Å². The Kier molecular flexibility index (Phi) is 7.02. The van der Waals surface area contributed by atoms with Crippen LogP contribution in [0.2, 0.25) is 5.02 Å². The summed E-state index contributed by atoms with van der Waals surface area (Å²) in [5, 5.41) is 3.19. The van der Waals surface area contributed by atoms with Crippen molar-refractivity contribution in [2.75, 3.05) is 25.0 Å². The summed E-state index contributed by atoms with van der Waals surface area (Å²) in [5.74, 6) is -0.337. The van der Waals surface area contributed by atoms with Crippen molar-refractivity contribution in [3.8, 4) is 0 Å².